The van der Waals surface area contributed by atoms with Gasteiger partial charge in [-0.25, -0.2) is 0 Å². The summed E-state index contributed by atoms with van der Waals surface area (Å²) < 4.78 is 0. The van der Waals surface area contributed by atoms with Gasteiger partial charge in [0.1, 0.15) is 0 Å². The fraction of sp³-hybridized carbons (Fsp3) is 0.571. The second-order valence-corrected chi connectivity index (χ2v) is 8.03. The van der Waals surface area contributed by atoms with Crippen LogP contribution in [0.4, 0.5) is 0 Å². The quantitative estimate of drug-likeness (QED) is 0.628. The third kappa shape index (κ3) is 2.11. The second kappa shape index (κ2) is 4.26. The van der Waals surface area contributed by atoms with Gasteiger partial charge in [0, 0.05) is 0 Å². The van der Waals surface area contributed by atoms with Gasteiger partial charge < -0.3 is 0 Å². The molecule has 0 N–H and O–H groups in total. The lowest BCUT2D eigenvalue weighted by Gasteiger charge is -2.23. The highest BCUT2D eigenvalue weighted by molar-refractivity contribution is 7.67. The molecule has 0 amide bonds. The van der Waals surface area contributed by atoms with E-state index >= 15 is 0 Å². The zero-order chi connectivity index (χ0) is 11.0. The van der Waals surface area contributed by atoms with E-state index in [1.54, 1.807) is 5.30 Å². The van der Waals surface area contributed by atoms with Crippen molar-refractivity contribution >= 4 is 13.2 Å². The molecule has 0 aromatic heterocycles. The molecule has 0 nitrogen and oxygen atoms in total. The lowest BCUT2D eigenvalue weighted by Crippen LogP contribution is -2.14. The van der Waals surface area contributed by atoms with E-state index in [4.69, 9.17) is 0 Å². The maximum absolute atomic E-state index is 2.44. The Hall–Kier alpha value is -0.350. The molecule has 1 aromatic carbocycles. The van der Waals surface area contributed by atoms with Gasteiger partial charge in [0.25, 0.3) is 0 Å². The second-order valence-electron chi connectivity index (χ2n) is 4.97. The third-order valence-corrected chi connectivity index (χ3v) is 7.06. The van der Waals surface area contributed by atoms with Gasteiger partial charge in [-0.15, -0.1) is 0 Å². The summed E-state index contributed by atoms with van der Waals surface area (Å²) in [7, 11) is 0.104. The molecule has 1 aromatic rings. The highest BCUT2D eigenvalue weighted by atomic mass is 31.1. The van der Waals surface area contributed by atoms with E-state index in [1.165, 1.54) is 24.0 Å². The summed E-state index contributed by atoms with van der Waals surface area (Å²) in [6.45, 7) is 9.34. The van der Waals surface area contributed by atoms with E-state index < -0.39 is 0 Å². The van der Waals surface area contributed by atoms with Crippen LogP contribution in [0.1, 0.15) is 37.8 Å². The molecule has 15 heavy (non-hydrogen) atoms. The zero-order valence-corrected chi connectivity index (χ0v) is 11.1. The zero-order valence-electron chi connectivity index (χ0n) is 10.2. The van der Waals surface area contributed by atoms with Crippen molar-refractivity contribution < 1.29 is 0 Å². The molecule has 0 spiro atoms. The van der Waals surface area contributed by atoms with Crippen LogP contribution in [0.25, 0.3) is 0 Å². The first kappa shape index (κ1) is 11.1. The average Bonchev–Trinajstić information content (AvgIpc) is 2.48. The van der Waals surface area contributed by atoms with Crippen LogP contribution in [0.15, 0.2) is 18.2 Å². The number of rotatable bonds is 1. The SMILES string of the molecule is Cc1ccc(P2C(C)CCC2C)c(C)c1. The average molecular weight is 220 g/mol. The summed E-state index contributed by atoms with van der Waals surface area (Å²) in [4.78, 5) is 0. The summed E-state index contributed by atoms with van der Waals surface area (Å²) in [5, 5.41) is 1.66. The highest BCUT2D eigenvalue weighted by Gasteiger charge is 2.31. The van der Waals surface area contributed by atoms with Crippen LogP contribution in [-0.4, -0.2) is 11.3 Å². The summed E-state index contributed by atoms with van der Waals surface area (Å²) in [6, 6.07) is 7.01. The van der Waals surface area contributed by atoms with Crippen LogP contribution >= 0.6 is 7.92 Å². The molecule has 1 aliphatic heterocycles. The van der Waals surface area contributed by atoms with E-state index in [0.29, 0.717) is 0 Å². The number of hydrogen-bond acceptors (Lipinski definition) is 0. The lowest BCUT2D eigenvalue weighted by atomic mass is 10.2. The van der Waals surface area contributed by atoms with Crippen molar-refractivity contribution in [1.29, 1.82) is 0 Å². The summed E-state index contributed by atoms with van der Waals surface area (Å²) in [5.74, 6) is 0. The molecule has 0 saturated carbocycles. The molecule has 0 aliphatic carbocycles. The molecular formula is C14H21P. The Kier molecular flexibility index (Phi) is 3.16. The topological polar surface area (TPSA) is 0 Å². The van der Waals surface area contributed by atoms with Crippen molar-refractivity contribution in [2.75, 3.05) is 0 Å². The molecule has 2 unspecified atom stereocenters. The summed E-state index contributed by atoms with van der Waals surface area (Å²) >= 11 is 0. The maximum Gasteiger partial charge on any atom is -0.0195 e. The normalized spacial score (nSPS) is 30.8. The highest BCUT2D eigenvalue weighted by Crippen LogP contribution is 2.54. The van der Waals surface area contributed by atoms with Crippen LogP contribution in [0, 0.1) is 13.8 Å². The molecule has 0 radical (unpaired) electrons. The minimum Gasteiger partial charge on any atom is -0.0692 e. The van der Waals surface area contributed by atoms with Crippen LogP contribution in [-0.2, 0) is 0 Å². The van der Waals surface area contributed by atoms with Gasteiger partial charge in [-0.3, -0.25) is 0 Å². The number of aryl methyl sites for hydroxylation is 2. The van der Waals surface area contributed by atoms with Crippen molar-refractivity contribution in [2.24, 2.45) is 0 Å². The maximum atomic E-state index is 2.44. The monoisotopic (exact) mass is 220 g/mol. The van der Waals surface area contributed by atoms with Crippen molar-refractivity contribution in [3.8, 4) is 0 Å². The van der Waals surface area contributed by atoms with Gasteiger partial charge in [-0.05, 0) is 48.9 Å². The van der Waals surface area contributed by atoms with Gasteiger partial charge in [-0.2, -0.15) is 0 Å². The summed E-state index contributed by atoms with van der Waals surface area (Å²) in [6.07, 6.45) is 2.86. The Morgan fingerprint density at radius 1 is 1.07 bits per heavy atom. The Morgan fingerprint density at radius 3 is 2.20 bits per heavy atom. The smallest absolute Gasteiger partial charge is 0.0195 e. The van der Waals surface area contributed by atoms with Crippen LogP contribution in [0.2, 0.25) is 0 Å². The van der Waals surface area contributed by atoms with Crippen molar-refractivity contribution in [2.45, 2.75) is 51.9 Å². The van der Waals surface area contributed by atoms with Gasteiger partial charge in [0.05, 0.1) is 0 Å². The molecule has 2 atom stereocenters. The Labute approximate surface area is 94.8 Å². The van der Waals surface area contributed by atoms with Gasteiger partial charge in [-0.1, -0.05) is 45.5 Å². The van der Waals surface area contributed by atoms with Crippen LogP contribution in [0.5, 0.6) is 0 Å². The van der Waals surface area contributed by atoms with Crippen molar-refractivity contribution in [3.63, 3.8) is 0 Å². The Morgan fingerprint density at radius 2 is 1.67 bits per heavy atom. The lowest BCUT2D eigenvalue weighted by molar-refractivity contribution is 0.777. The molecule has 0 bridgehead atoms. The molecule has 1 heteroatoms. The molecule has 1 aliphatic rings. The van der Waals surface area contributed by atoms with E-state index in [1.807, 2.05) is 0 Å². The molecule has 2 rings (SSSR count). The van der Waals surface area contributed by atoms with Crippen LogP contribution in [0.3, 0.4) is 0 Å². The first-order valence-corrected chi connectivity index (χ1v) is 7.43. The Bertz CT molecular complexity index is 346. The Balaban J connectivity index is 2.36. The first-order valence-electron chi connectivity index (χ1n) is 5.95. The molecule has 1 saturated heterocycles. The van der Waals surface area contributed by atoms with Gasteiger partial charge in [0.2, 0.25) is 0 Å². The van der Waals surface area contributed by atoms with E-state index in [9.17, 15) is 0 Å². The standard InChI is InChI=1S/C14H21P/c1-10-5-8-14(11(2)9-10)15-12(3)6-7-13(15)4/h5,8-9,12-13H,6-7H2,1-4H3. The van der Waals surface area contributed by atoms with Crippen molar-refractivity contribution in [1.82, 2.24) is 0 Å². The van der Waals surface area contributed by atoms with Gasteiger partial charge in [0.15, 0.2) is 0 Å². The number of benzene rings is 1. The fourth-order valence-electron chi connectivity index (χ4n) is 2.76. The largest absolute Gasteiger partial charge is 0.0692 e. The van der Waals surface area contributed by atoms with E-state index in [-0.39, 0.29) is 7.92 Å². The molecule has 1 fully saturated rings. The molecule has 1 heterocycles. The summed E-state index contributed by atoms with van der Waals surface area (Å²) in [5.41, 5.74) is 4.76. The predicted octanol–water partition coefficient (Wildman–Crippen LogP) is 3.98. The van der Waals surface area contributed by atoms with Crippen molar-refractivity contribution in [3.05, 3.63) is 29.3 Å². The fourth-order valence-corrected chi connectivity index (χ4v) is 6.16. The number of hydrogen-bond donors (Lipinski definition) is 0. The minimum absolute atomic E-state index is 0.104. The van der Waals surface area contributed by atoms with Crippen LogP contribution < -0.4 is 5.30 Å². The molecule has 82 valence electrons. The third-order valence-electron chi connectivity index (χ3n) is 3.58. The predicted molar refractivity (Wildman–Crippen MR) is 70.6 cm³/mol. The van der Waals surface area contributed by atoms with E-state index in [2.05, 4.69) is 45.9 Å². The molecular weight excluding hydrogens is 199 g/mol. The van der Waals surface area contributed by atoms with Gasteiger partial charge >= 0.3 is 0 Å². The van der Waals surface area contributed by atoms with E-state index in [0.717, 1.165) is 11.3 Å². The minimum atomic E-state index is 0.104. The first-order chi connectivity index (χ1) is 7.09.